The van der Waals surface area contributed by atoms with Gasteiger partial charge < -0.3 is 20.4 Å². The van der Waals surface area contributed by atoms with E-state index in [1.807, 2.05) is 0 Å². The van der Waals surface area contributed by atoms with E-state index in [-0.39, 0.29) is 34.3 Å². The summed E-state index contributed by atoms with van der Waals surface area (Å²) in [6.45, 7) is 4.11. The minimum atomic E-state index is -0.755. The van der Waals surface area contributed by atoms with Crippen LogP contribution in [0.2, 0.25) is 5.02 Å². The van der Waals surface area contributed by atoms with Crippen molar-refractivity contribution in [3.05, 3.63) is 83.0 Å². The SMILES string of the molecule is C=CC(=O)N(C)c1cc(N(C)c2ncc(Cl)c(NCCCNC(=O)c3ccc(C#N)c(F)c3)n2)ccc1F. The topological polar surface area (TPSA) is 114 Å². The molecule has 12 heteroatoms. The first-order valence-corrected chi connectivity index (χ1v) is 11.7. The second-order valence-corrected chi connectivity index (χ2v) is 8.41. The third-order valence-electron chi connectivity index (χ3n) is 5.50. The number of nitrogens with zero attached hydrogens (tertiary/aromatic N) is 5. The van der Waals surface area contributed by atoms with Gasteiger partial charge in [0.1, 0.15) is 22.7 Å². The molecule has 196 valence electrons. The average Bonchev–Trinajstić information content (AvgIpc) is 2.92. The number of likely N-dealkylation sites (N-methyl/N-ethyl adjacent to an activating group) is 1. The Balaban J connectivity index is 1.61. The standard InChI is InChI=1S/C26H24ClF2N7O2/c1-4-23(37)36(3)22-13-18(8-9-20(22)28)35(2)26-33-15-19(27)24(34-26)31-10-5-11-32-25(38)16-6-7-17(14-30)21(29)12-16/h4,6-9,12-13,15H,1,5,10-11H2,2-3H3,(H,32,38)(H,31,33,34). The number of benzene rings is 2. The summed E-state index contributed by atoms with van der Waals surface area (Å²) in [5, 5.41) is 14.8. The zero-order valence-electron chi connectivity index (χ0n) is 20.6. The number of nitrogens with one attached hydrogen (secondary N) is 2. The number of halogens is 3. The highest BCUT2D eigenvalue weighted by Gasteiger charge is 2.17. The molecule has 38 heavy (non-hydrogen) atoms. The Labute approximate surface area is 223 Å². The molecule has 0 aliphatic heterocycles. The molecule has 0 atom stereocenters. The van der Waals surface area contributed by atoms with Crippen LogP contribution >= 0.6 is 11.6 Å². The van der Waals surface area contributed by atoms with Gasteiger partial charge in [-0.15, -0.1) is 0 Å². The number of anilines is 4. The van der Waals surface area contributed by atoms with Gasteiger partial charge in [-0.25, -0.2) is 13.8 Å². The van der Waals surface area contributed by atoms with Crippen LogP contribution in [0.1, 0.15) is 22.3 Å². The van der Waals surface area contributed by atoms with Gasteiger partial charge in [-0.2, -0.15) is 10.2 Å². The van der Waals surface area contributed by atoms with Crippen LogP contribution in [0, 0.1) is 23.0 Å². The third-order valence-corrected chi connectivity index (χ3v) is 5.77. The molecule has 0 aliphatic carbocycles. The van der Waals surface area contributed by atoms with Crippen LogP contribution in [0.5, 0.6) is 0 Å². The van der Waals surface area contributed by atoms with E-state index in [9.17, 15) is 18.4 Å². The molecular formula is C26H24ClF2N7O2. The highest BCUT2D eigenvalue weighted by atomic mass is 35.5. The molecule has 0 bridgehead atoms. The van der Waals surface area contributed by atoms with Gasteiger partial charge in [0, 0.05) is 38.4 Å². The van der Waals surface area contributed by atoms with Gasteiger partial charge in [0.15, 0.2) is 5.82 Å². The zero-order chi connectivity index (χ0) is 27.8. The number of amides is 2. The van der Waals surface area contributed by atoms with E-state index < -0.39 is 23.4 Å². The predicted molar refractivity (Wildman–Crippen MR) is 142 cm³/mol. The lowest BCUT2D eigenvalue weighted by Gasteiger charge is -2.22. The molecule has 2 amide bonds. The molecule has 0 saturated heterocycles. The largest absolute Gasteiger partial charge is 0.369 e. The van der Waals surface area contributed by atoms with E-state index in [1.54, 1.807) is 18.0 Å². The first kappa shape index (κ1) is 28.0. The summed E-state index contributed by atoms with van der Waals surface area (Å²) in [4.78, 5) is 35.5. The van der Waals surface area contributed by atoms with Gasteiger partial charge in [-0.05, 0) is 48.9 Å². The van der Waals surface area contributed by atoms with Crippen LogP contribution in [-0.4, -0.2) is 49.0 Å². The highest BCUT2D eigenvalue weighted by molar-refractivity contribution is 6.32. The van der Waals surface area contributed by atoms with Gasteiger partial charge in [0.25, 0.3) is 5.91 Å². The smallest absolute Gasteiger partial charge is 0.251 e. The summed E-state index contributed by atoms with van der Waals surface area (Å²) in [5.74, 6) is -1.63. The maximum absolute atomic E-state index is 14.3. The maximum atomic E-state index is 14.3. The second-order valence-electron chi connectivity index (χ2n) is 8.01. The van der Waals surface area contributed by atoms with Gasteiger partial charge in [-0.3, -0.25) is 9.59 Å². The van der Waals surface area contributed by atoms with E-state index in [0.717, 1.165) is 17.0 Å². The van der Waals surface area contributed by atoms with E-state index in [2.05, 4.69) is 27.2 Å². The number of hydrogen-bond acceptors (Lipinski definition) is 7. The molecule has 0 fully saturated rings. The summed E-state index contributed by atoms with van der Waals surface area (Å²) in [6.07, 6.45) is 3.01. The van der Waals surface area contributed by atoms with Crippen molar-refractivity contribution >= 4 is 46.6 Å². The molecule has 0 unspecified atom stereocenters. The van der Waals surface area contributed by atoms with Crippen LogP contribution in [0.3, 0.4) is 0 Å². The molecule has 0 spiro atoms. The zero-order valence-corrected chi connectivity index (χ0v) is 21.4. The molecule has 2 aromatic carbocycles. The first-order chi connectivity index (χ1) is 18.2. The molecule has 0 saturated carbocycles. The molecule has 0 radical (unpaired) electrons. The fourth-order valence-electron chi connectivity index (χ4n) is 3.33. The Morgan fingerprint density at radius 1 is 1.16 bits per heavy atom. The van der Waals surface area contributed by atoms with Gasteiger partial charge in [0.2, 0.25) is 11.9 Å². The van der Waals surface area contributed by atoms with Gasteiger partial charge in [0.05, 0.1) is 17.4 Å². The number of hydrogen-bond donors (Lipinski definition) is 2. The summed E-state index contributed by atoms with van der Waals surface area (Å²) < 4.78 is 28.1. The Kier molecular flexibility index (Phi) is 9.29. The van der Waals surface area contributed by atoms with Crippen molar-refractivity contribution in [3.63, 3.8) is 0 Å². The number of nitriles is 1. The van der Waals surface area contributed by atoms with E-state index in [0.29, 0.717) is 24.5 Å². The van der Waals surface area contributed by atoms with E-state index in [1.165, 1.54) is 43.6 Å². The van der Waals surface area contributed by atoms with Gasteiger partial charge in [-0.1, -0.05) is 18.2 Å². The van der Waals surface area contributed by atoms with Crippen molar-refractivity contribution in [2.45, 2.75) is 6.42 Å². The van der Waals surface area contributed by atoms with Crippen LogP contribution in [-0.2, 0) is 4.79 Å². The predicted octanol–water partition coefficient (Wildman–Crippen LogP) is 4.43. The lowest BCUT2D eigenvalue weighted by molar-refractivity contribution is -0.113. The molecule has 9 nitrogen and oxygen atoms in total. The number of aromatic nitrogens is 2. The van der Waals surface area contributed by atoms with Gasteiger partial charge >= 0.3 is 0 Å². The third kappa shape index (κ3) is 6.60. The van der Waals surface area contributed by atoms with Crippen molar-refractivity contribution in [1.29, 1.82) is 5.26 Å². The lowest BCUT2D eigenvalue weighted by Crippen LogP contribution is -2.26. The van der Waals surface area contributed by atoms with E-state index >= 15 is 0 Å². The van der Waals surface area contributed by atoms with Crippen LogP contribution in [0.4, 0.5) is 31.9 Å². The monoisotopic (exact) mass is 539 g/mol. The van der Waals surface area contributed by atoms with Crippen LogP contribution < -0.4 is 20.4 Å². The first-order valence-electron chi connectivity index (χ1n) is 11.3. The van der Waals surface area contributed by atoms with Crippen molar-refractivity contribution in [3.8, 4) is 6.07 Å². The van der Waals surface area contributed by atoms with Crippen molar-refractivity contribution in [1.82, 2.24) is 15.3 Å². The Morgan fingerprint density at radius 2 is 1.92 bits per heavy atom. The average molecular weight is 540 g/mol. The molecule has 1 heterocycles. The Bertz CT molecular complexity index is 1410. The molecule has 0 aliphatic rings. The summed E-state index contributed by atoms with van der Waals surface area (Å²) in [7, 11) is 3.12. The van der Waals surface area contributed by atoms with Crippen molar-refractivity contribution in [2.75, 3.05) is 42.3 Å². The molecule has 3 aromatic rings. The van der Waals surface area contributed by atoms with Crippen molar-refractivity contribution < 1.29 is 18.4 Å². The molecule has 3 rings (SSSR count). The summed E-state index contributed by atoms with van der Waals surface area (Å²) in [6, 6.07) is 9.62. The van der Waals surface area contributed by atoms with Crippen LogP contribution in [0.25, 0.3) is 0 Å². The quantitative estimate of drug-likeness (QED) is 0.289. The fourth-order valence-corrected chi connectivity index (χ4v) is 3.49. The summed E-state index contributed by atoms with van der Waals surface area (Å²) >= 11 is 6.23. The van der Waals surface area contributed by atoms with Crippen molar-refractivity contribution in [2.24, 2.45) is 0 Å². The number of carbonyl (C=O) groups is 2. The number of carbonyl (C=O) groups excluding carboxylic acids is 2. The summed E-state index contributed by atoms with van der Waals surface area (Å²) in [5.41, 5.74) is 0.579. The minimum Gasteiger partial charge on any atom is -0.369 e. The molecular weight excluding hydrogens is 516 g/mol. The molecule has 1 aromatic heterocycles. The maximum Gasteiger partial charge on any atom is 0.251 e. The van der Waals surface area contributed by atoms with E-state index in [4.69, 9.17) is 16.9 Å². The fraction of sp³-hybridized carbons (Fsp3) is 0.192. The normalized spacial score (nSPS) is 10.3. The van der Waals surface area contributed by atoms with Crippen LogP contribution in [0.15, 0.2) is 55.3 Å². The lowest BCUT2D eigenvalue weighted by atomic mass is 10.1. The minimum absolute atomic E-state index is 0.0670. The second kappa shape index (κ2) is 12.6. The highest BCUT2D eigenvalue weighted by Crippen LogP contribution is 2.29. The Hall–Kier alpha value is -4.56. The molecule has 2 N–H and O–H groups in total. The Morgan fingerprint density at radius 3 is 2.61 bits per heavy atom. The number of rotatable bonds is 10.